The van der Waals surface area contributed by atoms with Gasteiger partial charge in [-0.05, 0) is 67.9 Å². The summed E-state index contributed by atoms with van der Waals surface area (Å²) in [5.74, 6) is -1.25. The number of anilines is 1. The lowest BCUT2D eigenvalue weighted by Crippen LogP contribution is -2.46. The fourth-order valence-corrected chi connectivity index (χ4v) is 6.20. The van der Waals surface area contributed by atoms with E-state index in [2.05, 4.69) is 0 Å². The Bertz CT molecular complexity index is 1420. The molecule has 198 valence electrons. The Morgan fingerprint density at radius 2 is 1.63 bits per heavy atom. The molecule has 2 atom stereocenters. The van der Waals surface area contributed by atoms with Crippen LogP contribution in [0.1, 0.15) is 42.2 Å². The van der Waals surface area contributed by atoms with Crippen LogP contribution < -0.4 is 9.64 Å². The lowest BCUT2D eigenvalue weighted by atomic mass is 10.1. The van der Waals surface area contributed by atoms with Crippen LogP contribution in [0, 0.1) is 0 Å². The van der Waals surface area contributed by atoms with Crippen LogP contribution in [0.2, 0.25) is 0 Å². The van der Waals surface area contributed by atoms with Gasteiger partial charge in [0.05, 0.1) is 36.3 Å². The van der Waals surface area contributed by atoms with Gasteiger partial charge in [0.1, 0.15) is 11.8 Å². The number of sulfonamides is 1. The van der Waals surface area contributed by atoms with Crippen molar-refractivity contribution in [2.75, 3.05) is 18.6 Å². The molecule has 4 rings (SSSR count). The second kappa shape index (κ2) is 11.2. The molecule has 0 bridgehead atoms. The Hall–Kier alpha value is -4.02. The van der Waals surface area contributed by atoms with Crippen LogP contribution in [0.4, 0.5) is 5.69 Å². The Labute approximate surface area is 221 Å². The summed E-state index contributed by atoms with van der Waals surface area (Å²) in [6.45, 7) is 3.59. The topological polar surface area (TPSA) is 110 Å². The van der Waals surface area contributed by atoms with Gasteiger partial charge >= 0.3 is 5.97 Å². The highest BCUT2D eigenvalue weighted by Crippen LogP contribution is 2.36. The minimum absolute atomic E-state index is 0.0291. The molecule has 0 spiro atoms. The monoisotopic (exact) mass is 536 g/mol. The number of rotatable bonds is 9. The molecular formula is C28H28N2O7S. The Morgan fingerprint density at radius 1 is 1.00 bits per heavy atom. The number of nitrogens with zero attached hydrogens (tertiary/aromatic N) is 2. The Morgan fingerprint density at radius 3 is 2.21 bits per heavy atom. The van der Waals surface area contributed by atoms with Gasteiger partial charge in [-0.3, -0.25) is 9.59 Å². The summed E-state index contributed by atoms with van der Waals surface area (Å²) >= 11 is 0. The summed E-state index contributed by atoms with van der Waals surface area (Å²) < 4.78 is 39.2. The molecule has 0 radical (unpaired) electrons. The quantitative estimate of drug-likeness (QED) is 0.301. The van der Waals surface area contributed by atoms with Crippen molar-refractivity contribution in [1.29, 1.82) is 0 Å². The fraction of sp³-hybridized carbons (Fsp3) is 0.250. The summed E-state index contributed by atoms with van der Waals surface area (Å²) in [5, 5.41) is 0. The zero-order valence-electron chi connectivity index (χ0n) is 21.2. The molecule has 1 saturated heterocycles. The molecule has 10 heteroatoms. The molecule has 9 nitrogen and oxygen atoms in total. The average molecular weight is 537 g/mol. The van der Waals surface area contributed by atoms with Crippen molar-refractivity contribution in [2.24, 2.45) is 0 Å². The maximum atomic E-state index is 14.0. The van der Waals surface area contributed by atoms with Gasteiger partial charge < -0.3 is 9.47 Å². The van der Waals surface area contributed by atoms with Crippen molar-refractivity contribution in [3.05, 3.63) is 90.0 Å². The molecule has 0 N–H and O–H groups in total. The van der Waals surface area contributed by atoms with Gasteiger partial charge in [0.2, 0.25) is 15.9 Å². The summed E-state index contributed by atoms with van der Waals surface area (Å²) in [6, 6.07) is 18.6. The molecule has 0 saturated carbocycles. The van der Waals surface area contributed by atoms with Crippen LogP contribution in [-0.4, -0.2) is 50.3 Å². The molecule has 1 aliphatic rings. The number of amides is 2. The first-order valence-corrected chi connectivity index (χ1v) is 13.5. The molecule has 3 aromatic rings. The first kappa shape index (κ1) is 27.0. The van der Waals surface area contributed by atoms with E-state index in [1.807, 2.05) is 6.07 Å². The molecule has 3 aromatic carbocycles. The van der Waals surface area contributed by atoms with Gasteiger partial charge in [-0.15, -0.1) is 0 Å². The van der Waals surface area contributed by atoms with Crippen LogP contribution in [0.25, 0.3) is 0 Å². The smallest absolute Gasteiger partial charge is 0.338 e. The third kappa shape index (κ3) is 5.18. The van der Waals surface area contributed by atoms with Gasteiger partial charge in [0.15, 0.2) is 0 Å². The molecule has 1 aliphatic heterocycles. The number of hydrogen-bond acceptors (Lipinski definition) is 7. The van der Waals surface area contributed by atoms with E-state index in [4.69, 9.17) is 9.47 Å². The largest absolute Gasteiger partial charge is 0.497 e. The van der Waals surface area contributed by atoms with E-state index in [1.165, 1.54) is 55.6 Å². The standard InChI is InChI=1S/C28H28N2O7S/c1-4-37-28(33)21-10-12-22(13-11-21)29-26(31)18-25(27(29)32)30(19(2)20-8-6-5-7-9-20)38(34,35)24-16-14-23(36-3)15-17-24/h5-17,19,25H,4,18H2,1-3H3. The number of carbonyl (C=O) groups is 3. The van der Waals surface area contributed by atoms with Crippen LogP contribution in [-0.2, 0) is 24.3 Å². The van der Waals surface area contributed by atoms with Gasteiger partial charge in [0, 0.05) is 6.04 Å². The summed E-state index contributed by atoms with van der Waals surface area (Å²) in [6.07, 6.45) is -0.328. The second-order valence-corrected chi connectivity index (χ2v) is 10.5. The molecule has 2 amide bonds. The van der Waals surface area contributed by atoms with Crippen molar-refractivity contribution in [1.82, 2.24) is 4.31 Å². The fourth-order valence-electron chi connectivity index (χ4n) is 4.44. The molecule has 2 unspecified atom stereocenters. The minimum Gasteiger partial charge on any atom is -0.497 e. The van der Waals surface area contributed by atoms with Crippen LogP contribution in [0.5, 0.6) is 5.75 Å². The number of hydrogen-bond donors (Lipinski definition) is 0. The maximum absolute atomic E-state index is 14.0. The van der Waals surface area contributed by atoms with E-state index >= 15 is 0 Å². The summed E-state index contributed by atoms with van der Waals surface area (Å²) in [4.78, 5) is 39.7. The predicted octanol–water partition coefficient (Wildman–Crippen LogP) is 3.96. The van der Waals surface area contributed by atoms with Crippen LogP contribution >= 0.6 is 0 Å². The number of methoxy groups -OCH3 is 1. The third-order valence-electron chi connectivity index (χ3n) is 6.37. The molecule has 1 fully saturated rings. The van der Waals surface area contributed by atoms with Crippen molar-refractivity contribution >= 4 is 33.5 Å². The Kier molecular flexibility index (Phi) is 7.94. The minimum atomic E-state index is -4.23. The van der Waals surface area contributed by atoms with Crippen molar-refractivity contribution in [3.63, 3.8) is 0 Å². The van der Waals surface area contributed by atoms with E-state index in [1.54, 1.807) is 38.1 Å². The van der Waals surface area contributed by atoms with Crippen LogP contribution in [0.15, 0.2) is 83.8 Å². The first-order valence-electron chi connectivity index (χ1n) is 12.1. The van der Waals surface area contributed by atoms with Gasteiger partial charge in [0.25, 0.3) is 5.91 Å². The number of benzene rings is 3. The number of esters is 1. The highest BCUT2D eigenvalue weighted by atomic mass is 32.2. The first-order chi connectivity index (χ1) is 18.2. The van der Waals surface area contributed by atoms with E-state index in [9.17, 15) is 22.8 Å². The maximum Gasteiger partial charge on any atom is 0.338 e. The SMILES string of the molecule is CCOC(=O)c1ccc(N2C(=O)CC(N(C(C)c3ccccc3)S(=O)(=O)c3ccc(OC)cc3)C2=O)cc1. The van der Waals surface area contributed by atoms with E-state index < -0.39 is 39.9 Å². The molecule has 0 aromatic heterocycles. The van der Waals surface area contributed by atoms with Crippen molar-refractivity contribution in [3.8, 4) is 5.75 Å². The molecule has 0 aliphatic carbocycles. The average Bonchev–Trinajstić information content (AvgIpc) is 3.22. The lowest BCUT2D eigenvalue weighted by molar-refractivity contribution is -0.122. The van der Waals surface area contributed by atoms with Gasteiger partial charge in [-0.1, -0.05) is 30.3 Å². The van der Waals surface area contributed by atoms with E-state index in [0.29, 0.717) is 11.3 Å². The zero-order chi connectivity index (χ0) is 27.4. The second-order valence-electron chi connectivity index (χ2n) is 8.65. The molecule has 38 heavy (non-hydrogen) atoms. The Balaban J connectivity index is 1.72. The highest BCUT2D eigenvalue weighted by molar-refractivity contribution is 7.89. The van der Waals surface area contributed by atoms with Crippen molar-refractivity contribution in [2.45, 2.75) is 37.2 Å². The van der Waals surface area contributed by atoms with E-state index in [-0.39, 0.29) is 29.2 Å². The zero-order valence-corrected chi connectivity index (χ0v) is 22.1. The van der Waals surface area contributed by atoms with Gasteiger partial charge in [-0.25, -0.2) is 18.1 Å². The summed E-state index contributed by atoms with van der Waals surface area (Å²) in [7, 11) is -2.75. The predicted molar refractivity (Wildman–Crippen MR) is 140 cm³/mol. The number of ether oxygens (including phenoxy) is 2. The summed E-state index contributed by atoms with van der Waals surface area (Å²) in [5.41, 5.74) is 1.18. The normalized spacial score (nSPS) is 16.5. The van der Waals surface area contributed by atoms with Crippen molar-refractivity contribution < 1.29 is 32.3 Å². The molecular weight excluding hydrogens is 508 g/mol. The number of carbonyl (C=O) groups excluding carboxylic acids is 3. The lowest BCUT2D eigenvalue weighted by Gasteiger charge is -2.32. The van der Waals surface area contributed by atoms with Crippen LogP contribution in [0.3, 0.4) is 0 Å². The third-order valence-corrected chi connectivity index (χ3v) is 8.36. The molecule has 1 heterocycles. The number of imide groups is 1. The highest BCUT2D eigenvalue weighted by Gasteiger charge is 2.49. The van der Waals surface area contributed by atoms with E-state index in [0.717, 1.165) is 9.21 Å². The van der Waals surface area contributed by atoms with Gasteiger partial charge in [-0.2, -0.15) is 4.31 Å².